The highest BCUT2D eigenvalue weighted by Gasteiger charge is 2.30. The van der Waals surface area contributed by atoms with E-state index in [1.165, 1.54) is 35.0 Å². The second kappa shape index (κ2) is 7.40. The molecule has 0 unspecified atom stereocenters. The lowest BCUT2D eigenvalue weighted by Gasteiger charge is -2.19. The van der Waals surface area contributed by atoms with Gasteiger partial charge < -0.3 is 15.0 Å². The number of ether oxygens (including phenoxy) is 1. The van der Waals surface area contributed by atoms with E-state index < -0.39 is 0 Å². The first-order valence-electron chi connectivity index (χ1n) is 10.2. The lowest BCUT2D eigenvalue weighted by atomic mass is 9.94. The van der Waals surface area contributed by atoms with Crippen molar-refractivity contribution in [3.63, 3.8) is 0 Å². The lowest BCUT2D eigenvalue weighted by Crippen LogP contribution is -2.40. The molecule has 1 aliphatic heterocycles. The molecular weight excluding hydrogens is 350 g/mol. The number of nitrogens with zero attached hydrogens (tertiary/aromatic N) is 1. The number of amides is 1. The average Bonchev–Trinajstić information content (AvgIpc) is 3.32. The molecule has 5 heteroatoms. The fraction of sp³-hybridized carbons (Fsp3) is 0.391. The minimum absolute atomic E-state index is 0.0112. The number of hydrogen-bond donors (Lipinski definition) is 2. The van der Waals surface area contributed by atoms with Gasteiger partial charge >= 0.3 is 0 Å². The highest BCUT2D eigenvalue weighted by Crippen LogP contribution is 2.30. The van der Waals surface area contributed by atoms with E-state index in [0.717, 1.165) is 30.3 Å². The summed E-state index contributed by atoms with van der Waals surface area (Å²) in [6.07, 6.45) is 9.20. The molecule has 3 aromatic rings. The Kier molecular flexibility index (Phi) is 4.61. The summed E-state index contributed by atoms with van der Waals surface area (Å²) in [5.74, 6) is 0.276. The Balaban J connectivity index is 1.33. The van der Waals surface area contributed by atoms with Crippen LogP contribution in [0.4, 0.5) is 0 Å². The van der Waals surface area contributed by atoms with Crippen molar-refractivity contribution < 1.29 is 9.53 Å². The predicted octanol–water partition coefficient (Wildman–Crippen LogP) is 3.43. The van der Waals surface area contributed by atoms with Gasteiger partial charge in [-0.15, -0.1) is 0 Å². The third-order valence-electron chi connectivity index (χ3n) is 6.12. The van der Waals surface area contributed by atoms with Crippen LogP contribution in [-0.4, -0.2) is 35.1 Å². The van der Waals surface area contributed by atoms with Gasteiger partial charge in [0, 0.05) is 40.5 Å². The van der Waals surface area contributed by atoms with Crippen molar-refractivity contribution >= 4 is 16.8 Å². The molecule has 2 aromatic heterocycles. The molecule has 5 nitrogen and oxygen atoms in total. The molecule has 3 heterocycles. The molecule has 144 valence electrons. The summed E-state index contributed by atoms with van der Waals surface area (Å²) >= 11 is 0. The predicted molar refractivity (Wildman–Crippen MR) is 108 cm³/mol. The first-order valence-corrected chi connectivity index (χ1v) is 10.2. The molecular formula is C23H25N3O2. The Hall–Kier alpha value is -2.66. The summed E-state index contributed by atoms with van der Waals surface area (Å²) < 4.78 is 5.68. The normalized spacial score (nSPS) is 21.6. The van der Waals surface area contributed by atoms with Crippen molar-refractivity contribution in [1.29, 1.82) is 0 Å². The number of aromatic nitrogens is 2. The van der Waals surface area contributed by atoms with Crippen molar-refractivity contribution in [3.8, 4) is 0 Å². The van der Waals surface area contributed by atoms with Gasteiger partial charge in [0.15, 0.2) is 0 Å². The summed E-state index contributed by atoms with van der Waals surface area (Å²) in [6.45, 7) is 1.25. The third-order valence-corrected chi connectivity index (χ3v) is 6.12. The van der Waals surface area contributed by atoms with Crippen LogP contribution in [0.5, 0.6) is 0 Å². The number of hydrogen-bond acceptors (Lipinski definition) is 3. The largest absolute Gasteiger partial charge is 0.379 e. The van der Waals surface area contributed by atoms with Crippen molar-refractivity contribution in [2.75, 3.05) is 13.2 Å². The number of benzene rings is 1. The zero-order valence-corrected chi connectivity index (χ0v) is 15.9. The summed E-state index contributed by atoms with van der Waals surface area (Å²) in [4.78, 5) is 20.6. The van der Waals surface area contributed by atoms with E-state index in [1.807, 2.05) is 36.7 Å². The lowest BCUT2D eigenvalue weighted by molar-refractivity contribution is 0.0925. The summed E-state index contributed by atoms with van der Waals surface area (Å²) in [7, 11) is 0. The van der Waals surface area contributed by atoms with Gasteiger partial charge in [-0.3, -0.25) is 9.78 Å². The molecule has 0 bridgehead atoms. The van der Waals surface area contributed by atoms with Gasteiger partial charge in [-0.25, -0.2) is 0 Å². The summed E-state index contributed by atoms with van der Waals surface area (Å²) in [5.41, 5.74) is 5.85. The van der Waals surface area contributed by atoms with E-state index in [2.05, 4.69) is 21.4 Å². The molecule has 1 fully saturated rings. The van der Waals surface area contributed by atoms with Gasteiger partial charge in [0.05, 0.1) is 19.3 Å². The van der Waals surface area contributed by atoms with Crippen molar-refractivity contribution in [2.45, 2.75) is 38.1 Å². The summed E-state index contributed by atoms with van der Waals surface area (Å²) in [6, 6.07) is 10.1. The molecule has 1 saturated heterocycles. The maximum absolute atomic E-state index is 12.9. The second-order valence-corrected chi connectivity index (χ2v) is 7.99. The van der Waals surface area contributed by atoms with Crippen molar-refractivity contribution in [2.24, 2.45) is 5.92 Å². The molecule has 0 saturated carbocycles. The number of nitrogens with one attached hydrogen (secondary N) is 2. The SMILES string of the molecule is O=C(N[C@H]1COC[C@H]1Cc1ccncc1)c1ccc2[nH]c3c(c2c1)CCCC3. The van der Waals surface area contributed by atoms with Gasteiger partial charge in [-0.2, -0.15) is 0 Å². The Morgan fingerprint density at radius 1 is 1.14 bits per heavy atom. The maximum atomic E-state index is 12.9. The third kappa shape index (κ3) is 3.31. The molecule has 2 aliphatic rings. The van der Waals surface area contributed by atoms with E-state index in [-0.39, 0.29) is 17.9 Å². The van der Waals surface area contributed by atoms with Crippen LogP contribution in [0.3, 0.4) is 0 Å². The summed E-state index contributed by atoms with van der Waals surface area (Å²) in [5, 5.41) is 4.42. The zero-order valence-electron chi connectivity index (χ0n) is 15.9. The average molecular weight is 375 g/mol. The molecule has 5 rings (SSSR count). The van der Waals surface area contributed by atoms with Gasteiger partial charge in [0.2, 0.25) is 0 Å². The Morgan fingerprint density at radius 3 is 2.89 bits per heavy atom. The maximum Gasteiger partial charge on any atom is 0.251 e. The molecule has 2 N–H and O–H groups in total. The van der Waals surface area contributed by atoms with E-state index in [1.54, 1.807) is 0 Å². The molecule has 1 aliphatic carbocycles. The van der Waals surface area contributed by atoms with Gasteiger partial charge in [0.25, 0.3) is 5.91 Å². The smallest absolute Gasteiger partial charge is 0.251 e. The minimum atomic E-state index is -0.0112. The van der Waals surface area contributed by atoms with E-state index >= 15 is 0 Å². The van der Waals surface area contributed by atoms with E-state index in [9.17, 15) is 4.79 Å². The van der Waals surface area contributed by atoms with Crippen LogP contribution in [0.1, 0.15) is 40.0 Å². The number of H-pyrrole nitrogens is 1. The quantitative estimate of drug-likeness (QED) is 0.734. The number of carbonyl (C=O) groups is 1. The number of pyridine rings is 1. The number of carbonyl (C=O) groups excluding carboxylic acids is 1. The number of aromatic amines is 1. The molecule has 1 amide bonds. The standard InChI is InChI=1S/C23H25N3O2/c27-23(26-22-14-28-13-17(22)11-15-7-9-24-10-8-15)16-5-6-21-19(12-16)18-3-1-2-4-20(18)25-21/h5-10,12,17,22,25H,1-4,11,13-14H2,(H,26,27)/t17-,22+/m1/s1. The Bertz CT molecular complexity index is 996. The van der Waals surface area contributed by atoms with Gasteiger partial charge in [-0.1, -0.05) is 0 Å². The van der Waals surface area contributed by atoms with E-state index in [0.29, 0.717) is 13.2 Å². The van der Waals surface area contributed by atoms with E-state index in [4.69, 9.17) is 4.74 Å². The van der Waals surface area contributed by atoms with Crippen LogP contribution in [-0.2, 0) is 24.0 Å². The molecule has 2 atom stereocenters. The molecule has 28 heavy (non-hydrogen) atoms. The van der Waals surface area contributed by atoms with Crippen LogP contribution in [0.2, 0.25) is 0 Å². The molecule has 0 radical (unpaired) electrons. The van der Waals surface area contributed by atoms with Crippen LogP contribution >= 0.6 is 0 Å². The van der Waals surface area contributed by atoms with Gasteiger partial charge in [0.1, 0.15) is 0 Å². The van der Waals surface area contributed by atoms with Crippen LogP contribution in [0, 0.1) is 5.92 Å². The van der Waals surface area contributed by atoms with Crippen LogP contribution < -0.4 is 5.32 Å². The minimum Gasteiger partial charge on any atom is -0.379 e. The Labute approximate surface area is 164 Å². The highest BCUT2D eigenvalue weighted by atomic mass is 16.5. The van der Waals surface area contributed by atoms with Crippen molar-refractivity contribution in [3.05, 3.63) is 65.1 Å². The number of rotatable bonds is 4. The zero-order chi connectivity index (χ0) is 18.9. The number of aryl methyl sites for hydroxylation is 2. The molecule has 0 spiro atoms. The number of fused-ring (bicyclic) bond motifs is 3. The fourth-order valence-corrected chi connectivity index (χ4v) is 4.58. The van der Waals surface area contributed by atoms with Crippen molar-refractivity contribution in [1.82, 2.24) is 15.3 Å². The topological polar surface area (TPSA) is 67.0 Å². The monoisotopic (exact) mass is 375 g/mol. The Morgan fingerprint density at radius 2 is 2.00 bits per heavy atom. The highest BCUT2D eigenvalue weighted by molar-refractivity contribution is 5.99. The molecule has 1 aromatic carbocycles. The first kappa shape index (κ1) is 17.4. The van der Waals surface area contributed by atoms with Crippen LogP contribution in [0.25, 0.3) is 10.9 Å². The van der Waals surface area contributed by atoms with Crippen LogP contribution in [0.15, 0.2) is 42.7 Å². The fourth-order valence-electron chi connectivity index (χ4n) is 4.58. The first-order chi connectivity index (χ1) is 13.8. The van der Waals surface area contributed by atoms with Gasteiger partial charge in [-0.05, 0) is 73.6 Å². The second-order valence-electron chi connectivity index (χ2n) is 7.99.